The van der Waals surface area contributed by atoms with Crippen molar-refractivity contribution in [2.24, 2.45) is 5.92 Å². The van der Waals surface area contributed by atoms with Gasteiger partial charge in [0.25, 0.3) is 0 Å². The summed E-state index contributed by atoms with van der Waals surface area (Å²) in [6.07, 6.45) is 6.82. The molecule has 0 aromatic carbocycles. The highest BCUT2D eigenvalue weighted by Crippen LogP contribution is 2.19. The number of amides is 1. The molecule has 1 saturated carbocycles. The van der Waals surface area contributed by atoms with Crippen molar-refractivity contribution in [1.29, 1.82) is 0 Å². The summed E-state index contributed by atoms with van der Waals surface area (Å²) in [5.41, 5.74) is 0. The Balaban J connectivity index is 1.65. The number of nitrogens with one attached hydrogen (secondary N) is 1. The molecule has 98 valence electrons. The fourth-order valence-corrected chi connectivity index (χ4v) is 3.02. The number of aliphatic hydroxyl groups excluding tert-OH is 1. The summed E-state index contributed by atoms with van der Waals surface area (Å²) >= 11 is 0. The Morgan fingerprint density at radius 3 is 2.76 bits per heavy atom. The fraction of sp³-hybridized carbons (Fsp3) is 0.923. The number of carbonyl (C=O) groups excluding carboxylic acids is 1. The van der Waals surface area contributed by atoms with E-state index in [4.69, 9.17) is 5.11 Å². The number of likely N-dealkylation sites (tertiary alicyclic amines) is 1. The van der Waals surface area contributed by atoms with Crippen LogP contribution in [0.2, 0.25) is 0 Å². The van der Waals surface area contributed by atoms with E-state index in [0.717, 1.165) is 38.8 Å². The van der Waals surface area contributed by atoms with Crippen LogP contribution in [-0.4, -0.2) is 48.2 Å². The zero-order valence-electron chi connectivity index (χ0n) is 10.5. The van der Waals surface area contributed by atoms with Gasteiger partial charge in [0.05, 0.1) is 6.54 Å². The van der Waals surface area contributed by atoms with Gasteiger partial charge in [-0.15, -0.1) is 0 Å². The SMILES string of the molecule is O=C(CN1CCC(CCO)C1)NC1CCCC1. The van der Waals surface area contributed by atoms with Crippen molar-refractivity contribution in [3.63, 3.8) is 0 Å². The molecule has 1 aliphatic heterocycles. The van der Waals surface area contributed by atoms with Crippen LogP contribution in [0.4, 0.5) is 0 Å². The summed E-state index contributed by atoms with van der Waals surface area (Å²) in [5, 5.41) is 12.0. The van der Waals surface area contributed by atoms with E-state index in [-0.39, 0.29) is 12.5 Å². The van der Waals surface area contributed by atoms with E-state index in [0.29, 0.717) is 18.5 Å². The molecule has 0 bridgehead atoms. The zero-order valence-corrected chi connectivity index (χ0v) is 10.5. The third-order valence-corrected chi connectivity index (χ3v) is 3.99. The minimum absolute atomic E-state index is 0.182. The molecule has 1 saturated heterocycles. The summed E-state index contributed by atoms with van der Waals surface area (Å²) < 4.78 is 0. The van der Waals surface area contributed by atoms with Crippen LogP contribution in [0.15, 0.2) is 0 Å². The first kappa shape index (κ1) is 12.8. The molecular formula is C13H24N2O2. The van der Waals surface area contributed by atoms with Crippen molar-refractivity contribution in [2.75, 3.05) is 26.2 Å². The van der Waals surface area contributed by atoms with Crippen molar-refractivity contribution >= 4 is 5.91 Å². The van der Waals surface area contributed by atoms with Crippen molar-refractivity contribution in [3.8, 4) is 0 Å². The Hall–Kier alpha value is -0.610. The normalized spacial score (nSPS) is 26.5. The van der Waals surface area contributed by atoms with Crippen LogP contribution in [0.1, 0.15) is 38.5 Å². The number of aliphatic hydroxyl groups is 1. The molecule has 2 aliphatic rings. The smallest absolute Gasteiger partial charge is 0.234 e. The Morgan fingerprint density at radius 2 is 2.06 bits per heavy atom. The van der Waals surface area contributed by atoms with E-state index >= 15 is 0 Å². The highest BCUT2D eigenvalue weighted by Gasteiger charge is 2.24. The van der Waals surface area contributed by atoms with Gasteiger partial charge in [-0.05, 0) is 38.1 Å². The van der Waals surface area contributed by atoms with Crippen molar-refractivity contribution in [3.05, 3.63) is 0 Å². The van der Waals surface area contributed by atoms with E-state index in [1.54, 1.807) is 0 Å². The van der Waals surface area contributed by atoms with E-state index in [2.05, 4.69) is 10.2 Å². The molecular weight excluding hydrogens is 216 g/mol. The molecule has 4 heteroatoms. The molecule has 0 radical (unpaired) electrons. The number of hydrogen-bond acceptors (Lipinski definition) is 3. The van der Waals surface area contributed by atoms with Crippen molar-refractivity contribution in [2.45, 2.75) is 44.6 Å². The Labute approximate surface area is 103 Å². The number of carbonyl (C=O) groups is 1. The first-order chi connectivity index (χ1) is 8.28. The molecule has 1 amide bonds. The van der Waals surface area contributed by atoms with E-state index in [1.165, 1.54) is 12.8 Å². The van der Waals surface area contributed by atoms with E-state index in [9.17, 15) is 4.79 Å². The van der Waals surface area contributed by atoms with Gasteiger partial charge in [0.15, 0.2) is 0 Å². The summed E-state index contributed by atoms with van der Waals surface area (Å²) in [6.45, 7) is 2.78. The summed E-state index contributed by atoms with van der Waals surface area (Å²) in [4.78, 5) is 14.0. The van der Waals surface area contributed by atoms with Gasteiger partial charge in [-0.1, -0.05) is 12.8 Å². The maximum Gasteiger partial charge on any atom is 0.234 e. The molecule has 1 aliphatic carbocycles. The van der Waals surface area contributed by atoms with Gasteiger partial charge < -0.3 is 10.4 Å². The van der Waals surface area contributed by atoms with Crippen LogP contribution in [-0.2, 0) is 4.79 Å². The minimum Gasteiger partial charge on any atom is -0.396 e. The first-order valence-corrected chi connectivity index (χ1v) is 6.90. The average Bonchev–Trinajstić information content (AvgIpc) is 2.91. The standard InChI is InChI=1S/C13H24N2O2/c16-8-6-11-5-7-15(9-11)10-13(17)14-12-3-1-2-4-12/h11-12,16H,1-10H2,(H,14,17). The van der Waals surface area contributed by atoms with Crippen LogP contribution in [0, 0.1) is 5.92 Å². The average molecular weight is 240 g/mol. The number of rotatable bonds is 5. The third-order valence-electron chi connectivity index (χ3n) is 3.99. The number of nitrogens with zero attached hydrogens (tertiary/aromatic N) is 1. The Kier molecular flexibility index (Phi) is 4.80. The van der Waals surface area contributed by atoms with Crippen LogP contribution in [0.25, 0.3) is 0 Å². The second kappa shape index (κ2) is 6.36. The van der Waals surface area contributed by atoms with Crippen LogP contribution < -0.4 is 5.32 Å². The third kappa shape index (κ3) is 3.96. The molecule has 0 spiro atoms. The molecule has 2 fully saturated rings. The minimum atomic E-state index is 0.182. The van der Waals surface area contributed by atoms with Crippen LogP contribution in [0.5, 0.6) is 0 Å². The van der Waals surface area contributed by atoms with Crippen LogP contribution in [0.3, 0.4) is 0 Å². The summed E-state index contributed by atoms with van der Waals surface area (Å²) in [5.74, 6) is 0.765. The van der Waals surface area contributed by atoms with Gasteiger partial charge in [-0.3, -0.25) is 9.69 Å². The molecule has 0 aromatic heterocycles. The first-order valence-electron chi connectivity index (χ1n) is 6.90. The Morgan fingerprint density at radius 1 is 1.29 bits per heavy atom. The lowest BCUT2D eigenvalue weighted by molar-refractivity contribution is -0.122. The largest absolute Gasteiger partial charge is 0.396 e. The lowest BCUT2D eigenvalue weighted by atomic mass is 10.1. The summed E-state index contributed by atoms with van der Waals surface area (Å²) in [7, 11) is 0. The van der Waals surface area contributed by atoms with E-state index < -0.39 is 0 Å². The van der Waals surface area contributed by atoms with Crippen molar-refractivity contribution in [1.82, 2.24) is 10.2 Å². The Bertz CT molecular complexity index is 252. The molecule has 1 heterocycles. The van der Waals surface area contributed by atoms with Gasteiger partial charge in [0.1, 0.15) is 0 Å². The van der Waals surface area contributed by atoms with Gasteiger partial charge in [0.2, 0.25) is 5.91 Å². The lowest BCUT2D eigenvalue weighted by Gasteiger charge is -2.18. The number of hydrogen-bond donors (Lipinski definition) is 2. The van der Waals surface area contributed by atoms with Gasteiger partial charge in [0, 0.05) is 19.2 Å². The molecule has 4 nitrogen and oxygen atoms in total. The maximum absolute atomic E-state index is 11.8. The molecule has 1 atom stereocenters. The quantitative estimate of drug-likeness (QED) is 0.745. The highest BCUT2D eigenvalue weighted by atomic mass is 16.3. The van der Waals surface area contributed by atoms with Crippen molar-refractivity contribution < 1.29 is 9.90 Å². The van der Waals surface area contributed by atoms with Crippen LogP contribution >= 0.6 is 0 Å². The fourth-order valence-electron chi connectivity index (χ4n) is 3.02. The predicted octanol–water partition coefficient (Wildman–Crippen LogP) is 0.749. The lowest BCUT2D eigenvalue weighted by Crippen LogP contribution is -2.40. The maximum atomic E-state index is 11.8. The van der Waals surface area contributed by atoms with Gasteiger partial charge >= 0.3 is 0 Å². The summed E-state index contributed by atoms with van der Waals surface area (Å²) in [6, 6.07) is 0.429. The monoisotopic (exact) mass is 240 g/mol. The second-order valence-corrected chi connectivity index (χ2v) is 5.45. The zero-order chi connectivity index (χ0) is 12.1. The van der Waals surface area contributed by atoms with Gasteiger partial charge in [-0.25, -0.2) is 0 Å². The molecule has 0 aromatic rings. The second-order valence-electron chi connectivity index (χ2n) is 5.45. The topological polar surface area (TPSA) is 52.6 Å². The molecule has 1 unspecified atom stereocenters. The predicted molar refractivity (Wildman–Crippen MR) is 66.6 cm³/mol. The molecule has 17 heavy (non-hydrogen) atoms. The van der Waals surface area contributed by atoms with Gasteiger partial charge in [-0.2, -0.15) is 0 Å². The molecule has 2 rings (SSSR count). The van der Waals surface area contributed by atoms with E-state index in [1.807, 2.05) is 0 Å². The molecule has 2 N–H and O–H groups in total. The highest BCUT2D eigenvalue weighted by molar-refractivity contribution is 5.78.